The summed E-state index contributed by atoms with van der Waals surface area (Å²) in [7, 11) is 0. The number of rotatable bonds is 2. The van der Waals surface area contributed by atoms with E-state index in [2.05, 4.69) is 42.2 Å². The number of fused-ring (bicyclic) bond motifs is 1. The first-order chi connectivity index (χ1) is 10.1. The van der Waals surface area contributed by atoms with Crippen molar-refractivity contribution in [3.8, 4) is 0 Å². The number of hydrogen-bond donors (Lipinski definition) is 3. The second-order valence-corrected chi connectivity index (χ2v) is 7.15. The summed E-state index contributed by atoms with van der Waals surface area (Å²) >= 11 is 6.91. The molecule has 1 aliphatic rings. The van der Waals surface area contributed by atoms with E-state index in [0.29, 0.717) is 5.56 Å². The fourth-order valence-corrected chi connectivity index (χ4v) is 3.52. The molecule has 0 unspecified atom stereocenters. The van der Waals surface area contributed by atoms with Gasteiger partial charge in [0.05, 0.1) is 17.7 Å². The molecule has 1 fully saturated rings. The maximum absolute atomic E-state index is 12.5. The quantitative estimate of drug-likeness (QED) is 0.699. The van der Waals surface area contributed by atoms with E-state index in [-0.39, 0.29) is 11.9 Å². The maximum atomic E-state index is 12.5. The van der Waals surface area contributed by atoms with Crippen LogP contribution in [0.2, 0.25) is 0 Å². The van der Waals surface area contributed by atoms with Crippen molar-refractivity contribution < 1.29 is 9.90 Å². The van der Waals surface area contributed by atoms with Crippen molar-refractivity contribution in [1.82, 2.24) is 10.3 Å². The molecule has 2 atom stereocenters. The predicted molar refractivity (Wildman–Crippen MR) is 89.4 cm³/mol. The van der Waals surface area contributed by atoms with Gasteiger partial charge >= 0.3 is 0 Å². The summed E-state index contributed by atoms with van der Waals surface area (Å²) in [6.45, 7) is 0. The Morgan fingerprint density at radius 1 is 1.24 bits per heavy atom. The van der Waals surface area contributed by atoms with E-state index in [9.17, 15) is 9.90 Å². The van der Waals surface area contributed by atoms with Crippen molar-refractivity contribution in [3.63, 3.8) is 0 Å². The third-order valence-electron chi connectivity index (χ3n) is 4.01. The number of carbonyl (C=O) groups excluding carboxylic acids is 1. The van der Waals surface area contributed by atoms with Gasteiger partial charge in [-0.3, -0.25) is 4.79 Å². The minimum atomic E-state index is -0.436. The SMILES string of the molecule is O=C(N[C@H]1CCCC[C@@H]1O)c1c[nH]c2cc(Br)c(Br)cc12. The van der Waals surface area contributed by atoms with Gasteiger partial charge in [-0.2, -0.15) is 0 Å². The molecule has 0 bridgehead atoms. The smallest absolute Gasteiger partial charge is 0.253 e. The van der Waals surface area contributed by atoms with Crippen LogP contribution in [0.1, 0.15) is 36.0 Å². The number of aliphatic hydroxyl groups excluding tert-OH is 1. The van der Waals surface area contributed by atoms with Gasteiger partial charge in [0.15, 0.2) is 0 Å². The molecule has 21 heavy (non-hydrogen) atoms. The zero-order valence-electron chi connectivity index (χ0n) is 11.3. The number of carbonyl (C=O) groups is 1. The molecule has 0 saturated heterocycles. The van der Waals surface area contributed by atoms with Crippen molar-refractivity contribution in [2.75, 3.05) is 0 Å². The highest BCUT2D eigenvalue weighted by Gasteiger charge is 2.25. The second-order valence-electron chi connectivity index (χ2n) is 5.45. The first-order valence-corrected chi connectivity index (χ1v) is 8.60. The van der Waals surface area contributed by atoms with E-state index < -0.39 is 6.10 Å². The lowest BCUT2D eigenvalue weighted by molar-refractivity contribution is 0.0718. The number of amides is 1. The van der Waals surface area contributed by atoms with Crippen molar-refractivity contribution in [3.05, 3.63) is 32.8 Å². The topological polar surface area (TPSA) is 65.1 Å². The number of halogens is 2. The summed E-state index contributed by atoms with van der Waals surface area (Å²) < 4.78 is 1.84. The highest BCUT2D eigenvalue weighted by Crippen LogP contribution is 2.30. The maximum Gasteiger partial charge on any atom is 0.253 e. The summed E-state index contributed by atoms with van der Waals surface area (Å²) in [6.07, 6.45) is 4.96. The summed E-state index contributed by atoms with van der Waals surface area (Å²) in [4.78, 5) is 15.6. The van der Waals surface area contributed by atoms with Crippen molar-refractivity contribution in [2.24, 2.45) is 0 Å². The van der Waals surface area contributed by atoms with Gasteiger partial charge in [-0.25, -0.2) is 0 Å². The number of aromatic nitrogens is 1. The van der Waals surface area contributed by atoms with Gasteiger partial charge in [0.2, 0.25) is 0 Å². The monoisotopic (exact) mass is 414 g/mol. The Bertz CT molecular complexity index is 684. The number of aromatic amines is 1. The zero-order valence-corrected chi connectivity index (χ0v) is 14.5. The van der Waals surface area contributed by atoms with Crippen LogP contribution in [-0.2, 0) is 0 Å². The van der Waals surface area contributed by atoms with Crippen molar-refractivity contribution in [1.29, 1.82) is 0 Å². The lowest BCUT2D eigenvalue weighted by Crippen LogP contribution is -2.45. The first kappa shape index (κ1) is 15.1. The van der Waals surface area contributed by atoms with Crippen LogP contribution < -0.4 is 5.32 Å². The van der Waals surface area contributed by atoms with Crippen LogP contribution >= 0.6 is 31.9 Å². The summed E-state index contributed by atoms with van der Waals surface area (Å²) in [5.41, 5.74) is 1.51. The molecule has 1 aromatic carbocycles. The van der Waals surface area contributed by atoms with Gasteiger partial charge in [-0.05, 0) is 56.8 Å². The van der Waals surface area contributed by atoms with E-state index in [1.807, 2.05) is 12.1 Å². The van der Waals surface area contributed by atoms with E-state index in [4.69, 9.17) is 0 Å². The Balaban J connectivity index is 1.86. The van der Waals surface area contributed by atoms with Crippen LogP contribution in [0.5, 0.6) is 0 Å². The molecule has 0 radical (unpaired) electrons. The normalized spacial score (nSPS) is 22.4. The fraction of sp³-hybridized carbons (Fsp3) is 0.400. The lowest BCUT2D eigenvalue weighted by Gasteiger charge is -2.28. The number of benzene rings is 1. The molecular formula is C15H16Br2N2O2. The standard InChI is InChI=1S/C15H16Br2N2O2/c16-10-5-8-9(7-18-13(8)6-11(10)17)15(21)19-12-3-1-2-4-14(12)20/h5-7,12,14,18,20H,1-4H2,(H,19,21)/t12-,14-/m0/s1. The molecule has 2 aromatic rings. The summed E-state index contributed by atoms with van der Waals surface area (Å²) in [5, 5.41) is 13.8. The van der Waals surface area contributed by atoms with Crippen molar-refractivity contribution in [2.45, 2.75) is 37.8 Å². The van der Waals surface area contributed by atoms with Gasteiger partial charge in [-0.1, -0.05) is 12.8 Å². The van der Waals surface area contributed by atoms with Gasteiger partial charge in [-0.15, -0.1) is 0 Å². The number of aliphatic hydroxyl groups is 1. The van der Waals surface area contributed by atoms with Gasteiger partial charge in [0.25, 0.3) is 5.91 Å². The molecule has 3 N–H and O–H groups in total. The van der Waals surface area contributed by atoms with Crippen LogP contribution in [-0.4, -0.2) is 28.1 Å². The van der Waals surface area contributed by atoms with E-state index in [1.54, 1.807) is 6.20 Å². The molecule has 0 spiro atoms. The van der Waals surface area contributed by atoms with Crippen LogP contribution in [0.3, 0.4) is 0 Å². The van der Waals surface area contributed by atoms with Gasteiger partial charge in [0.1, 0.15) is 0 Å². The van der Waals surface area contributed by atoms with Gasteiger partial charge < -0.3 is 15.4 Å². The Labute approximate surface area is 139 Å². The molecular weight excluding hydrogens is 400 g/mol. The molecule has 1 heterocycles. The molecule has 6 heteroatoms. The molecule has 1 aliphatic carbocycles. The third kappa shape index (κ3) is 3.03. The molecule has 4 nitrogen and oxygen atoms in total. The molecule has 0 aliphatic heterocycles. The van der Waals surface area contributed by atoms with E-state index in [0.717, 1.165) is 45.5 Å². The Hall–Kier alpha value is -0.850. The average Bonchev–Trinajstić information content (AvgIpc) is 2.85. The summed E-state index contributed by atoms with van der Waals surface area (Å²) in [5.74, 6) is -0.138. The predicted octanol–water partition coefficient (Wildman–Crippen LogP) is 3.73. The summed E-state index contributed by atoms with van der Waals surface area (Å²) in [6, 6.07) is 3.71. The highest BCUT2D eigenvalue weighted by atomic mass is 79.9. The second kappa shape index (κ2) is 6.10. The molecule has 3 rings (SSSR count). The minimum Gasteiger partial charge on any atom is -0.391 e. The third-order valence-corrected chi connectivity index (χ3v) is 5.86. The zero-order chi connectivity index (χ0) is 15.0. The minimum absolute atomic E-state index is 0.138. The van der Waals surface area contributed by atoms with Crippen LogP contribution in [0.4, 0.5) is 0 Å². The molecule has 1 saturated carbocycles. The van der Waals surface area contributed by atoms with Gasteiger partial charge in [0, 0.05) is 26.0 Å². The number of H-pyrrole nitrogens is 1. The molecule has 1 aromatic heterocycles. The molecule has 1 amide bonds. The van der Waals surface area contributed by atoms with Crippen LogP contribution in [0.25, 0.3) is 10.9 Å². The Kier molecular flexibility index (Phi) is 4.38. The number of nitrogens with one attached hydrogen (secondary N) is 2. The average molecular weight is 416 g/mol. The first-order valence-electron chi connectivity index (χ1n) is 7.01. The number of hydrogen-bond acceptors (Lipinski definition) is 2. The van der Waals surface area contributed by atoms with E-state index >= 15 is 0 Å². The largest absolute Gasteiger partial charge is 0.391 e. The lowest BCUT2D eigenvalue weighted by atomic mass is 9.92. The van der Waals surface area contributed by atoms with Crippen LogP contribution in [0, 0.1) is 0 Å². The fourth-order valence-electron chi connectivity index (χ4n) is 2.83. The van der Waals surface area contributed by atoms with Crippen molar-refractivity contribution >= 4 is 48.7 Å². The highest BCUT2D eigenvalue weighted by molar-refractivity contribution is 9.13. The van der Waals surface area contributed by atoms with Crippen LogP contribution in [0.15, 0.2) is 27.3 Å². The Morgan fingerprint density at radius 3 is 2.71 bits per heavy atom. The Morgan fingerprint density at radius 2 is 1.95 bits per heavy atom. The van der Waals surface area contributed by atoms with E-state index in [1.165, 1.54) is 0 Å². The molecule has 112 valence electrons.